The second-order valence-corrected chi connectivity index (χ2v) is 7.94. The number of hydrogen-bond donors (Lipinski definition) is 0. The molecule has 0 fully saturated rings. The highest BCUT2D eigenvalue weighted by atomic mass is 16.4. The van der Waals surface area contributed by atoms with Crippen LogP contribution in [0.3, 0.4) is 0 Å². The number of rotatable bonds is 14. The SMILES string of the molecule is CCCCCCCCCCCCC(C(=O)[O-])(N(C)C)[N+](C)(C)C. The number of carbonyl (C=O) groups is 1. The summed E-state index contributed by atoms with van der Waals surface area (Å²) in [6.07, 6.45) is 13.2. The number of carboxylic acid groups (broad SMARTS) is 1. The molecule has 0 saturated heterocycles. The van der Waals surface area contributed by atoms with Crippen molar-refractivity contribution in [2.24, 2.45) is 0 Å². The van der Waals surface area contributed by atoms with E-state index in [1.165, 1.54) is 51.4 Å². The first kappa shape index (κ1) is 22.4. The highest BCUT2D eigenvalue weighted by Gasteiger charge is 2.46. The van der Waals surface area contributed by atoms with Crippen molar-refractivity contribution in [2.75, 3.05) is 35.2 Å². The van der Waals surface area contributed by atoms with E-state index in [1.807, 2.05) is 40.1 Å². The summed E-state index contributed by atoms with van der Waals surface area (Å²) in [6, 6.07) is 0. The average Bonchev–Trinajstić information content (AvgIpc) is 2.42. The highest BCUT2D eigenvalue weighted by Crippen LogP contribution is 2.28. The molecule has 0 aromatic heterocycles. The van der Waals surface area contributed by atoms with Crippen LogP contribution in [-0.4, -0.2) is 56.3 Å². The number of unbranched alkanes of at least 4 members (excludes halogenated alkanes) is 9. The summed E-state index contributed by atoms with van der Waals surface area (Å²) >= 11 is 0. The number of carbonyl (C=O) groups excluding carboxylic acids is 1. The van der Waals surface area contributed by atoms with Gasteiger partial charge in [0.25, 0.3) is 0 Å². The van der Waals surface area contributed by atoms with Gasteiger partial charge in [-0.2, -0.15) is 0 Å². The van der Waals surface area contributed by atoms with Crippen LogP contribution in [0.25, 0.3) is 0 Å². The van der Waals surface area contributed by atoms with Crippen molar-refractivity contribution in [3.63, 3.8) is 0 Å². The fourth-order valence-corrected chi connectivity index (χ4v) is 3.58. The first-order valence-corrected chi connectivity index (χ1v) is 9.40. The summed E-state index contributed by atoms with van der Waals surface area (Å²) in [6.45, 7) is 2.25. The number of quaternary nitrogens is 1. The Kier molecular flexibility index (Phi) is 10.7. The van der Waals surface area contributed by atoms with E-state index in [0.717, 1.165) is 12.8 Å². The van der Waals surface area contributed by atoms with Gasteiger partial charge in [-0.3, -0.25) is 4.90 Å². The summed E-state index contributed by atoms with van der Waals surface area (Å²) in [5, 5.41) is 11.8. The van der Waals surface area contributed by atoms with E-state index >= 15 is 0 Å². The van der Waals surface area contributed by atoms with Crippen LogP contribution in [0.15, 0.2) is 0 Å². The molecule has 0 aromatic rings. The van der Waals surface area contributed by atoms with Crippen molar-refractivity contribution in [1.29, 1.82) is 0 Å². The largest absolute Gasteiger partial charge is 0.543 e. The Hall–Kier alpha value is -0.610. The lowest BCUT2D eigenvalue weighted by Gasteiger charge is -2.50. The zero-order valence-corrected chi connectivity index (χ0v) is 16.5. The van der Waals surface area contributed by atoms with Crippen LogP contribution >= 0.6 is 0 Å². The summed E-state index contributed by atoms with van der Waals surface area (Å²) in [4.78, 5) is 13.6. The molecule has 0 aliphatic rings. The van der Waals surface area contributed by atoms with Crippen molar-refractivity contribution in [1.82, 2.24) is 4.90 Å². The zero-order chi connectivity index (χ0) is 17.9. The molecule has 0 aliphatic heterocycles. The Labute approximate surface area is 144 Å². The van der Waals surface area contributed by atoms with Gasteiger partial charge in [0.05, 0.1) is 21.1 Å². The summed E-state index contributed by atoms with van der Waals surface area (Å²) < 4.78 is 0.361. The maximum Gasteiger partial charge on any atom is 0.195 e. The first-order chi connectivity index (χ1) is 10.7. The van der Waals surface area contributed by atoms with Gasteiger partial charge in [0.15, 0.2) is 5.66 Å². The van der Waals surface area contributed by atoms with Crippen molar-refractivity contribution in [3.8, 4) is 0 Å². The molecule has 23 heavy (non-hydrogen) atoms. The molecular formula is C19H40N2O2. The molecule has 0 aliphatic carbocycles. The van der Waals surface area contributed by atoms with E-state index in [0.29, 0.717) is 10.9 Å². The van der Waals surface area contributed by atoms with Crippen LogP contribution in [0, 0.1) is 0 Å². The van der Waals surface area contributed by atoms with Gasteiger partial charge in [0.1, 0.15) is 5.97 Å². The predicted molar refractivity (Wildman–Crippen MR) is 95.9 cm³/mol. The third kappa shape index (κ3) is 7.21. The van der Waals surface area contributed by atoms with Crippen LogP contribution in [0.1, 0.15) is 77.6 Å². The number of likely N-dealkylation sites (N-methyl/N-ethyl adjacent to an activating group) is 2. The number of nitrogens with zero attached hydrogens (tertiary/aromatic N) is 2. The quantitative estimate of drug-likeness (QED) is 0.280. The Morgan fingerprint density at radius 1 is 0.870 bits per heavy atom. The van der Waals surface area contributed by atoms with Crippen LogP contribution < -0.4 is 5.11 Å². The lowest BCUT2D eigenvalue weighted by molar-refractivity contribution is -0.929. The molecule has 4 nitrogen and oxygen atoms in total. The summed E-state index contributed by atoms with van der Waals surface area (Å²) in [7, 11) is 9.50. The molecule has 4 heteroatoms. The lowest BCUT2D eigenvalue weighted by Crippen LogP contribution is -2.72. The van der Waals surface area contributed by atoms with E-state index < -0.39 is 11.6 Å². The molecule has 0 bridgehead atoms. The minimum Gasteiger partial charge on any atom is -0.543 e. The molecule has 0 heterocycles. The lowest BCUT2D eigenvalue weighted by atomic mass is 9.96. The minimum absolute atomic E-state index is 0.361. The molecule has 0 radical (unpaired) electrons. The van der Waals surface area contributed by atoms with Gasteiger partial charge in [-0.25, -0.2) is 0 Å². The van der Waals surface area contributed by atoms with Gasteiger partial charge >= 0.3 is 0 Å². The fourth-order valence-electron chi connectivity index (χ4n) is 3.58. The number of hydrogen-bond acceptors (Lipinski definition) is 3. The third-order valence-corrected chi connectivity index (χ3v) is 5.06. The topological polar surface area (TPSA) is 43.4 Å². The molecule has 1 unspecified atom stereocenters. The predicted octanol–water partition coefficient (Wildman–Crippen LogP) is 3.01. The van der Waals surface area contributed by atoms with E-state index in [-0.39, 0.29) is 0 Å². The van der Waals surface area contributed by atoms with Crippen molar-refractivity contribution in [3.05, 3.63) is 0 Å². The summed E-state index contributed by atoms with van der Waals surface area (Å²) in [5.41, 5.74) is -0.944. The van der Waals surface area contributed by atoms with Gasteiger partial charge in [0.2, 0.25) is 0 Å². The monoisotopic (exact) mass is 328 g/mol. The Balaban J connectivity index is 4.09. The van der Waals surface area contributed by atoms with Crippen LogP contribution in [0.5, 0.6) is 0 Å². The normalized spacial score (nSPS) is 14.9. The third-order valence-electron chi connectivity index (χ3n) is 5.06. The molecule has 0 saturated carbocycles. The van der Waals surface area contributed by atoms with E-state index in [9.17, 15) is 9.90 Å². The number of aliphatic carboxylic acids is 1. The molecule has 138 valence electrons. The van der Waals surface area contributed by atoms with Crippen LogP contribution in [-0.2, 0) is 4.79 Å². The van der Waals surface area contributed by atoms with Gasteiger partial charge in [0, 0.05) is 6.42 Å². The molecule has 0 rings (SSSR count). The minimum atomic E-state index is -0.967. The van der Waals surface area contributed by atoms with Crippen LogP contribution in [0.4, 0.5) is 0 Å². The first-order valence-electron chi connectivity index (χ1n) is 9.40. The second-order valence-electron chi connectivity index (χ2n) is 7.94. The zero-order valence-electron chi connectivity index (χ0n) is 16.5. The van der Waals surface area contributed by atoms with Gasteiger partial charge in [-0.1, -0.05) is 64.7 Å². The van der Waals surface area contributed by atoms with Gasteiger partial charge < -0.3 is 14.4 Å². The summed E-state index contributed by atoms with van der Waals surface area (Å²) in [5.74, 6) is -0.967. The highest BCUT2D eigenvalue weighted by molar-refractivity contribution is 5.74. The molecule has 1 atom stereocenters. The maximum atomic E-state index is 11.8. The maximum absolute atomic E-state index is 11.8. The van der Waals surface area contributed by atoms with E-state index in [1.54, 1.807) is 0 Å². The van der Waals surface area contributed by atoms with Crippen LogP contribution in [0.2, 0.25) is 0 Å². The Bertz CT molecular complexity index is 324. The number of carboxylic acids is 1. The smallest absolute Gasteiger partial charge is 0.195 e. The van der Waals surface area contributed by atoms with Gasteiger partial charge in [-0.15, -0.1) is 0 Å². The fraction of sp³-hybridized carbons (Fsp3) is 0.947. The molecule has 0 aromatic carbocycles. The van der Waals surface area contributed by atoms with Crippen molar-refractivity contribution < 1.29 is 14.4 Å². The Morgan fingerprint density at radius 3 is 1.57 bits per heavy atom. The molecule has 0 spiro atoms. The van der Waals surface area contributed by atoms with E-state index in [4.69, 9.17) is 0 Å². The van der Waals surface area contributed by atoms with Crippen molar-refractivity contribution in [2.45, 2.75) is 83.2 Å². The standard InChI is InChI=1S/C19H40N2O2/c1-7-8-9-10-11-12-13-14-15-16-17-19(18(22)23,20(2)3)21(4,5)6/h7-17H2,1-6H3. The van der Waals surface area contributed by atoms with Crippen molar-refractivity contribution >= 4 is 5.97 Å². The van der Waals surface area contributed by atoms with Gasteiger partial charge in [-0.05, 0) is 20.5 Å². The molecule has 0 amide bonds. The Morgan fingerprint density at radius 2 is 1.26 bits per heavy atom. The van der Waals surface area contributed by atoms with E-state index in [2.05, 4.69) is 6.92 Å². The second kappa shape index (κ2) is 11.0. The molecule has 0 N–H and O–H groups in total. The average molecular weight is 329 g/mol. The molecular weight excluding hydrogens is 288 g/mol.